The van der Waals surface area contributed by atoms with Crippen LogP contribution in [0.2, 0.25) is 0 Å². The Hall–Kier alpha value is -1.57. The first kappa shape index (κ1) is 9.00. The molecule has 1 aromatic heterocycles. The maximum atomic E-state index is 4.21. The van der Waals surface area contributed by atoms with Gasteiger partial charge >= 0.3 is 0 Å². The Labute approximate surface area is 84.0 Å². The van der Waals surface area contributed by atoms with Crippen molar-refractivity contribution >= 4 is 0 Å². The predicted octanol–water partition coefficient (Wildman–Crippen LogP) is 3.20. The lowest BCUT2D eigenvalue weighted by molar-refractivity contribution is 0.867. The summed E-state index contributed by atoms with van der Waals surface area (Å²) in [5.41, 5.74) is 2.50. The van der Waals surface area contributed by atoms with E-state index < -0.39 is 0 Å². The van der Waals surface area contributed by atoms with Crippen molar-refractivity contribution < 1.29 is 0 Å². The van der Waals surface area contributed by atoms with Crippen molar-refractivity contribution in [2.45, 2.75) is 19.8 Å². The van der Waals surface area contributed by atoms with E-state index in [-0.39, 0.29) is 0 Å². The second kappa shape index (κ2) is 3.66. The summed E-state index contributed by atoms with van der Waals surface area (Å²) in [6, 6.07) is 8.52. The van der Waals surface area contributed by atoms with E-state index in [1.54, 1.807) is 6.20 Å². The molecular formula is C12H14N2. The Bertz CT molecular complexity index is 385. The SMILES string of the molecule is CC(C)c1ccc(-c2ncc[nH]2)cc1. The highest BCUT2D eigenvalue weighted by Crippen LogP contribution is 2.19. The molecule has 0 bridgehead atoms. The lowest BCUT2D eigenvalue weighted by Crippen LogP contribution is -1.87. The Morgan fingerprint density at radius 1 is 1.14 bits per heavy atom. The van der Waals surface area contributed by atoms with E-state index in [2.05, 4.69) is 48.1 Å². The Balaban J connectivity index is 2.31. The van der Waals surface area contributed by atoms with Crippen LogP contribution < -0.4 is 0 Å². The van der Waals surface area contributed by atoms with Gasteiger partial charge in [0.25, 0.3) is 0 Å². The molecule has 2 aromatic rings. The molecule has 0 saturated carbocycles. The number of H-pyrrole nitrogens is 1. The minimum Gasteiger partial charge on any atom is -0.345 e. The van der Waals surface area contributed by atoms with Gasteiger partial charge in [0.1, 0.15) is 5.82 Å². The van der Waals surface area contributed by atoms with Gasteiger partial charge in [0.2, 0.25) is 0 Å². The largest absolute Gasteiger partial charge is 0.345 e. The molecular weight excluding hydrogens is 172 g/mol. The van der Waals surface area contributed by atoms with Gasteiger partial charge in [0, 0.05) is 18.0 Å². The van der Waals surface area contributed by atoms with E-state index in [4.69, 9.17) is 0 Å². The van der Waals surface area contributed by atoms with Crippen molar-refractivity contribution in [2.75, 3.05) is 0 Å². The van der Waals surface area contributed by atoms with Gasteiger partial charge in [-0.2, -0.15) is 0 Å². The van der Waals surface area contributed by atoms with Crippen LogP contribution >= 0.6 is 0 Å². The molecule has 2 heteroatoms. The molecule has 0 unspecified atom stereocenters. The van der Waals surface area contributed by atoms with Gasteiger partial charge in [-0.1, -0.05) is 38.1 Å². The molecule has 72 valence electrons. The number of aromatic amines is 1. The summed E-state index contributed by atoms with van der Waals surface area (Å²) < 4.78 is 0. The molecule has 0 aliphatic rings. The highest BCUT2D eigenvalue weighted by atomic mass is 14.9. The van der Waals surface area contributed by atoms with Crippen molar-refractivity contribution in [3.63, 3.8) is 0 Å². The Morgan fingerprint density at radius 2 is 1.86 bits per heavy atom. The number of hydrogen-bond acceptors (Lipinski definition) is 1. The van der Waals surface area contributed by atoms with Gasteiger partial charge in [-0.05, 0) is 11.5 Å². The first-order valence-corrected chi connectivity index (χ1v) is 4.87. The standard InChI is InChI=1S/C12H14N2/c1-9(2)10-3-5-11(6-4-10)12-13-7-8-14-12/h3-9H,1-2H3,(H,13,14). The van der Waals surface area contributed by atoms with Crippen molar-refractivity contribution in [3.05, 3.63) is 42.2 Å². The molecule has 2 nitrogen and oxygen atoms in total. The van der Waals surface area contributed by atoms with Crippen LogP contribution in [0.3, 0.4) is 0 Å². The normalized spacial score (nSPS) is 10.8. The molecule has 0 radical (unpaired) electrons. The third kappa shape index (κ3) is 1.69. The van der Waals surface area contributed by atoms with Gasteiger partial charge in [0.05, 0.1) is 0 Å². The van der Waals surface area contributed by atoms with E-state index >= 15 is 0 Å². The molecule has 1 heterocycles. The summed E-state index contributed by atoms with van der Waals surface area (Å²) >= 11 is 0. The zero-order chi connectivity index (χ0) is 9.97. The fourth-order valence-corrected chi connectivity index (χ4v) is 1.45. The maximum absolute atomic E-state index is 4.21. The molecule has 1 N–H and O–H groups in total. The van der Waals surface area contributed by atoms with Gasteiger partial charge in [0.15, 0.2) is 0 Å². The topological polar surface area (TPSA) is 28.7 Å². The minimum absolute atomic E-state index is 0.584. The summed E-state index contributed by atoms with van der Waals surface area (Å²) in [6.07, 6.45) is 3.61. The monoisotopic (exact) mass is 186 g/mol. The summed E-state index contributed by atoms with van der Waals surface area (Å²) in [5, 5.41) is 0. The molecule has 2 rings (SSSR count). The van der Waals surface area contributed by atoms with Crippen molar-refractivity contribution in [1.82, 2.24) is 9.97 Å². The minimum atomic E-state index is 0.584. The van der Waals surface area contributed by atoms with Crippen LogP contribution in [0.1, 0.15) is 25.3 Å². The average molecular weight is 186 g/mol. The summed E-state index contributed by atoms with van der Waals surface area (Å²) in [5.74, 6) is 1.51. The smallest absolute Gasteiger partial charge is 0.137 e. The first-order chi connectivity index (χ1) is 6.77. The number of nitrogens with one attached hydrogen (secondary N) is 1. The summed E-state index contributed by atoms with van der Waals surface area (Å²) in [7, 11) is 0. The van der Waals surface area contributed by atoms with E-state index in [9.17, 15) is 0 Å². The van der Waals surface area contributed by atoms with Gasteiger partial charge in [-0.25, -0.2) is 4.98 Å². The molecule has 0 amide bonds. The second-order valence-electron chi connectivity index (χ2n) is 3.71. The third-order valence-electron chi connectivity index (χ3n) is 2.35. The summed E-state index contributed by atoms with van der Waals surface area (Å²) in [6.45, 7) is 4.39. The number of imidazole rings is 1. The lowest BCUT2D eigenvalue weighted by Gasteiger charge is -2.05. The highest BCUT2D eigenvalue weighted by molar-refractivity contribution is 5.55. The second-order valence-corrected chi connectivity index (χ2v) is 3.71. The van der Waals surface area contributed by atoms with Crippen LogP contribution in [0.5, 0.6) is 0 Å². The molecule has 0 atom stereocenters. The fourth-order valence-electron chi connectivity index (χ4n) is 1.45. The molecule has 0 aliphatic heterocycles. The molecule has 0 spiro atoms. The van der Waals surface area contributed by atoms with Crippen molar-refractivity contribution in [1.29, 1.82) is 0 Å². The molecule has 0 aliphatic carbocycles. The van der Waals surface area contributed by atoms with E-state index in [0.29, 0.717) is 5.92 Å². The van der Waals surface area contributed by atoms with Crippen LogP contribution in [-0.4, -0.2) is 9.97 Å². The quantitative estimate of drug-likeness (QED) is 0.766. The Morgan fingerprint density at radius 3 is 2.36 bits per heavy atom. The maximum Gasteiger partial charge on any atom is 0.137 e. The number of hydrogen-bond donors (Lipinski definition) is 1. The van der Waals surface area contributed by atoms with Crippen LogP contribution in [0.25, 0.3) is 11.4 Å². The highest BCUT2D eigenvalue weighted by Gasteiger charge is 2.01. The van der Waals surface area contributed by atoms with Crippen LogP contribution in [-0.2, 0) is 0 Å². The lowest BCUT2D eigenvalue weighted by atomic mass is 10.0. The zero-order valence-electron chi connectivity index (χ0n) is 8.49. The van der Waals surface area contributed by atoms with Crippen molar-refractivity contribution in [2.24, 2.45) is 0 Å². The van der Waals surface area contributed by atoms with Crippen LogP contribution in [0.15, 0.2) is 36.7 Å². The van der Waals surface area contributed by atoms with E-state index in [1.807, 2.05) is 6.20 Å². The molecule has 0 fully saturated rings. The predicted molar refractivity (Wildman–Crippen MR) is 58.1 cm³/mol. The Kier molecular flexibility index (Phi) is 2.35. The number of nitrogens with zero attached hydrogens (tertiary/aromatic N) is 1. The molecule has 0 saturated heterocycles. The zero-order valence-corrected chi connectivity index (χ0v) is 8.49. The fraction of sp³-hybridized carbons (Fsp3) is 0.250. The van der Waals surface area contributed by atoms with Crippen LogP contribution in [0, 0.1) is 0 Å². The third-order valence-corrected chi connectivity index (χ3v) is 2.35. The molecule has 1 aromatic carbocycles. The summed E-state index contributed by atoms with van der Waals surface area (Å²) in [4.78, 5) is 7.30. The van der Waals surface area contributed by atoms with E-state index in [0.717, 1.165) is 11.4 Å². The average Bonchev–Trinajstić information content (AvgIpc) is 2.71. The van der Waals surface area contributed by atoms with Crippen molar-refractivity contribution in [3.8, 4) is 11.4 Å². The van der Waals surface area contributed by atoms with Crippen LogP contribution in [0.4, 0.5) is 0 Å². The van der Waals surface area contributed by atoms with Gasteiger partial charge in [-0.15, -0.1) is 0 Å². The molecule has 14 heavy (non-hydrogen) atoms. The van der Waals surface area contributed by atoms with Gasteiger partial charge < -0.3 is 4.98 Å². The van der Waals surface area contributed by atoms with Gasteiger partial charge in [-0.3, -0.25) is 0 Å². The number of rotatable bonds is 2. The number of benzene rings is 1. The first-order valence-electron chi connectivity index (χ1n) is 4.87. The van der Waals surface area contributed by atoms with E-state index in [1.165, 1.54) is 5.56 Å². The number of aromatic nitrogens is 2.